The predicted molar refractivity (Wildman–Crippen MR) is 72.9 cm³/mol. The van der Waals surface area contributed by atoms with Gasteiger partial charge in [-0.1, -0.05) is 31.9 Å². The van der Waals surface area contributed by atoms with Gasteiger partial charge in [-0.25, -0.2) is 0 Å². The smallest absolute Gasteiger partial charge is 0.321 e. The highest BCUT2D eigenvalue weighted by atomic mass is 79.9. The Morgan fingerprint density at radius 3 is 2.78 bits per heavy atom. The van der Waals surface area contributed by atoms with Crippen LogP contribution in [0.5, 0.6) is 5.75 Å². The van der Waals surface area contributed by atoms with E-state index in [1.165, 1.54) is 19.2 Å². The zero-order chi connectivity index (χ0) is 13.7. The van der Waals surface area contributed by atoms with Gasteiger partial charge in [0.15, 0.2) is 0 Å². The number of methoxy groups -OCH3 is 1. The molecule has 1 amide bonds. The number of nitrogens with one attached hydrogen (secondary N) is 1. The topological polar surface area (TPSA) is 75.6 Å². The lowest BCUT2D eigenvalue weighted by molar-refractivity contribution is -0.139. The molecule has 5 nitrogen and oxygen atoms in total. The summed E-state index contributed by atoms with van der Waals surface area (Å²) in [7, 11) is 1.26. The van der Waals surface area contributed by atoms with Crippen molar-refractivity contribution in [3.05, 3.63) is 28.2 Å². The van der Waals surface area contributed by atoms with Crippen molar-refractivity contribution in [1.82, 2.24) is 5.32 Å². The Hall–Kier alpha value is -1.08. The van der Waals surface area contributed by atoms with Gasteiger partial charge in [0.1, 0.15) is 10.6 Å². The second-order valence-corrected chi connectivity index (χ2v) is 5.38. The van der Waals surface area contributed by atoms with Crippen molar-refractivity contribution >= 4 is 43.7 Å². The number of hydrogen-bond donors (Lipinski definition) is 2. The van der Waals surface area contributed by atoms with Gasteiger partial charge in [-0.15, -0.1) is 0 Å². The number of rotatable bonds is 4. The summed E-state index contributed by atoms with van der Waals surface area (Å²) in [5, 5.41) is 12.1. The zero-order valence-electron chi connectivity index (χ0n) is 9.44. The van der Waals surface area contributed by atoms with E-state index in [-0.39, 0.29) is 17.9 Å². The van der Waals surface area contributed by atoms with Crippen LogP contribution >= 0.6 is 31.9 Å². The van der Waals surface area contributed by atoms with Gasteiger partial charge >= 0.3 is 5.97 Å². The fourth-order valence-electron chi connectivity index (χ4n) is 1.18. The van der Waals surface area contributed by atoms with Crippen LogP contribution in [0.2, 0.25) is 0 Å². The van der Waals surface area contributed by atoms with Gasteiger partial charge in [0, 0.05) is 11.0 Å². The van der Waals surface area contributed by atoms with Gasteiger partial charge in [-0.05, 0) is 18.2 Å². The number of carbonyl (C=O) groups is 2. The highest BCUT2D eigenvalue weighted by Gasteiger charge is 2.18. The molecule has 1 aromatic carbocycles. The largest absolute Gasteiger partial charge is 0.507 e. The molecular formula is C11H11Br2NO4. The van der Waals surface area contributed by atoms with E-state index in [2.05, 4.69) is 41.9 Å². The average Bonchev–Trinajstić information content (AvgIpc) is 2.37. The number of carbonyl (C=O) groups excluding carboxylic acids is 2. The summed E-state index contributed by atoms with van der Waals surface area (Å²) in [5.41, 5.74) is 0.133. The highest BCUT2D eigenvalue weighted by molar-refractivity contribution is 9.10. The molecule has 0 fully saturated rings. The molecule has 0 aromatic heterocycles. The maximum absolute atomic E-state index is 11.8. The SMILES string of the molecule is COC(=O)C(Br)CNC(=O)c1cc(Br)ccc1O. The molecule has 0 saturated carbocycles. The minimum atomic E-state index is -0.624. The van der Waals surface area contributed by atoms with Gasteiger partial charge < -0.3 is 15.2 Å². The van der Waals surface area contributed by atoms with Crippen molar-refractivity contribution in [3.63, 3.8) is 0 Å². The first kappa shape index (κ1) is 15.0. The highest BCUT2D eigenvalue weighted by Crippen LogP contribution is 2.21. The normalized spacial score (nSPS) is 11.7. The molecule has 2 N–H and O–H groups in total. The number of ether oxygens (including phenoxy) is 1. The van der Waals surface area contributed by atoms with E-state index >= 15 is 0 Å². The van der Waals surface area contributed by atoms with E-state index < -0.39 is 16.7 Å². The van der Waals surface area contributed by atoms with Crippen molar-refractivity contribution in [2.75, 3.05) is 13.7 Å². The number of aromatic hydroxyl groups is 1. The van der Waals surface area contributed by atoms with E-state index in [0.29, 0.717) is 4.47 Å². The molecule has 0 aliphatic heterocycles. The van der Waals surface area contributed by atoms with Crippen LogP contribution in [-0.2, 0) is 9.53 Å². The summed E-state index contributed by atoms with van der Waals surface area (Å²) in [4.78, 5) is 22.2. The minimum absolute atomic E-state index is 0.0669. The van der Waals surface area contributed by atoms with E-state index in [0.717, 1.165) is 0 Å². The summed E-state index contributed by atoms with van der Waals surface area (Å²) >= 11 is 6.28. The molecule has 0 aliphatic carbocycles. The zero-order valence-corrected chi connectivity index (χ0v) is 12.6. The summed E-state index contributed by atoms with van der Waals surface area (Å²) in [6.07, 6.45) is 0. The third kappa shape index (κ3) is 3.99. The van der Waals surface area contributed by atoms with Gasteiger partial charge in [0.05, 0.1) is 12.7 Å². The molecule has 98 valence electrons. The number of benzene rings is 1. The average molecular weight is 381 g/mol. The van der Waals surface area contributed by atoms with Gasteiger partial charge in [0.2, 0.25) is 0 Å². The lowest BCUT2D eigenvalue weighted by atomic mass is 10.2. The summed E-state index contributed by atoms with van der Waals surface area (Å²) in [5.74, 6) is -1.07. The number of alkyl halides is 1. The Bertz CT molecular complexity index is 464. The Morgan fingerprint density at radius 1 is 1.50 bits per heavy atom. The predicted octanol–water partition coefficient (Wildman–Crippen LogP) is 1.82. The van der Waals surface area contributed by atoms with Crippen LogP contribution in [0.1, 0.15) is 10.4 Å². The van der Waals surface area contributed by atoms with Crippen LogP contribution in [0.3, 0.4) is 0 Å². The number of hydrogen-bond acceptors (Lipinski definition) is 4. The minimum Gasteiger partial charge on any atom is -0.507 e. The van der Waals surface area contributed by atoms with Crippen molar-refractivity contribution in [2.24, 2.45) is 0 Å². The quantitative estimate of drug-likeness (QED) is 0.617. The molecule has 0 heterocycles. The van der Waals surface area contributed by atoms with Crippen LogP contribution in [0, 0.1) is 0 Å². The Balaban J connectivity index is 2.66. The summed E-state index contributed by atoms with van der Waals surface area (Å²) in [6.45, 7) is 0.0669. The molecule has 18 heavy (non-hydrogen) atoms. The Morgan fingerprint density at radius 2 is 2.17 bits per heavy atom. The Labute approximate surface area is 121 Å². The second kappa shape index (κ2) is 6.75. The van der Waals surface area contributed by atoms with E-state index in [1.54, 1.807) is 6.07 Å². The molecule has 0 aliphatic rings. The fraction of sp³-hybridized carbons (Fsp3) is 0.273. The number of phenols is 1. The molecule has 0 spiro atoms. The molecule has 7 heteroatoms. The first-order chi connectivity index (χ1) is 8.45. The van der Waals surface area contributed by atoms with Crippen molar-refractivity contribution in [1.29, 1.82) is 0 Å². The molecule has 1 rings (SSSR count). The summed E-state index contributed by atoms with van der Waals surface area (Å²) in [6, 6.07) is 4.52. The summed E-state index contributed by atoms with van der Waals surface area (Å²) < 4.78 is 5.17. The van der Waals surface area contributed by atoms with Crippen LogP contribution in [-0.4, -0.2) is 35.5 Å². The Kier molecular flexibility index (Phi) is 5.61. The molecular weight excluding hydrogens is 370 g/mol. The third-order valence-electron chi connectivity index (χ3n) is 2.10. The third-order valence-corrected chi connectivity index (χ3v) is 3.29. The van der Waals surface area contributed by atoms with Crippen LogP contribution < -0.4 is 5.32 Å². The molecule has 0 radical (unpaired) electrons. The van der Waals surface area contributed by atoms with Crippen LogP contribution in [0.25, 0.3) is 0 Å². The number of halogens is 2. The molecule has 1 unspecified atom stereocenters. The van der Waals surface area contributed by atoms with E-state index in [9.17, 15) is 14.7 Å². The molecule has 0 saturated heterocycles. The van der Waals surface area contributed by atoms with Crippen LogP contribution in [0.4, 0.5) is 0 Å². The fourth-order valence-corrected chi connectivity index (χ4v) is 1.89. The molecule has 0 bridgehead atoms. The lowest BCUT2D eigenvalue weighted by Gasteiger charge is -2.10. The second-order valence-electron chi connectivity index (χ2n) is 3.36. The monoisotopic (exact) mass is 379 g/mol. The van der Waals surface area contributed by atoms with Crippen molar-refractivity contribution < 1.29 is 19.4 Å². The molecule has 1 aromatic rings. The van der Waals surface area contributed by atoms with Crippen LogP contribution in [0.15, 0.2) is 22.7 Å². The maximum atomic E-state index is 11.8. The van der Waals surface area contributed by atoms with Crippen molar-refractivity contribution in [3.8, 4) is 5.75 Å². The lowest BCUT2D eigenvalue weighted by Crippen LogP contribution is -2.33. The van der Waals surface area contributed by atoms with Gasteiger partial charge in [-0.3, -0.25) is 9.59 Å². The van der Waals surface area contributed by atoms with E-state index in [1.807, 2.05) is 0 Å². The van der Waals surface area contributed by atoms with E-state index in [4.69, 9.17) is 0 Å². The van der Waals surface area contributed by atoms with Gasteiger partial charge in [-0.2, -0.15) is 0 Å². The standard InChI is InChI=1S/C11H11Br2NO4/c1-18-11(17)8(13)5-14-10(16)7-4-6(12)2-3-9(7)15/h2-4,8,15H,5H2,1H3,(H,14,16). The van der Waals surface area contributed by atoms with Crippen molar-refractivity contribution in [2.45, 2.75) is 4.83 Å². The molecule has 1 atom stereocenters. The first-order valence-electron chi connectivity index (χ1n) is 4.94. The number of amides is 1. The number of phenolic OH excluding ortho intramolecular Hbond substituents is 1. The van der Waals surface area contributed by atoms with Gasteiger partial charge in [0.25, 0.3) is 5.91 Å². The first-order valence-corrected chi connectivity index (χ1v) is 6.65. The number of esters is 1. The maximum Gasteiger partial charge on any atom is 0.321 e.